The number of nitrogens with zero attached hydrogens (tertiary/aromatic N) is 3. The molecule has 0 aromatic heterocycles. The van der Waals surface area contributed by atoms with Crippen LogP contribution >= 0.6 is 0 Å². The summed E-state index contributed by atoms with van der Waals surface area (Å²) in [7, 11) is 0. The van der Waals surface area contributed by atoms with Crippen molar-refractivity contribution in [1.82, 2.24) is 0 Å². The van der Waals surface area contributed by atoms with Gasteiger partial charge < -0.3 is 4.90 Å². The van der Waals surface area contributed by atoms with E-state index in [1.165, 1.54) is 25.1 Å². The predicted octanol–water partition coefficient (Wildman–Crippen LogP) is 2.88. The van der Waals surface area contributed by atoms with E-state index in [1.807, 2.05) is 41.3 Å². The van der Waals surface area contributed by atoms with Crippen molar-refractivity contribution in [3.8, 4) is 0 Å². The molecule has 3 aliphatic heterocycles. The maximum atomic E-state index is 13.5. The first-order chi connectivity index (χ1) is 14.8. The van der Waals surface area contributed by atoms with E-state index in [0.717, 1.165) is 16.2 Å². The quantitative estimate of drug-likeness (QED) is 0.432. The summed E-state index contributed by atoms with van der Waals surface area (Å²) in [5.74, 6) is -2.68. The number of rotatable bonds is 3. The van der Waals surface area contributed by atoms with Gasteiger partial charge in [0.2, 0.25) is 11.8 Å². The minimum Gasteiger partial charge on any atom is -0.353 e. The predicted molar refractivity (Wildman–Crippen MR) is 114 cm³/mol. The largest absolute Gasteiger partial charge is 0.353 e. The van der Waals surface area contributed by atoms with E-state index in [2.05, 4.69) is 0 Å². The van der Waals surface area contributed by atoms with Crippen molar-refractivity contribution in [2.24, 2.45) is 11.8 Å². The maximum absolute atomic E-state index is 13.5. The molecule has 3 heterocycles. The second kappa shape index (κ2) is 6.60. The number of ketones is 1. The summed E-state index contributed by atoms with van der Waals surface area (Å²) in [5, 5.41) is 11.2. The number of benzene rings is 2. The van der Waals surface area contributed by atoms with Crippen LogP contribution in [0.5, 0.6) is 0 Å². The lowest BCUT2D eigenvalue weighted by molar-refractivity contribution is -0.384. The minimum absolute atomic E-state index is 0.193. The molecule has 4 atom stereocenters. The number of anilines is 2. The van der Waals surface area contributed by atoms with E-state index in [0.29, 0.717) is 5.56 Å². The van der Waals surface area contributed by atoms with Crippen molar-refractivity contribution in [1.29, 1.82) is 0 Å². The van der Waals surface area contributed by atoms with Gasteiger partial charge in [0.05, 0.1) is 28.5 Å². The van der Waals surface area contributed by atoms with Gasteiger partial charge in [0, 0.05) is 17.8 Å². The van der Waals surface area contributed by atoms with Crippen LogP contribution in [-0.4, -0.2) is 34.6 Å². The molecule has 2 amide bonds. The third-order valence-electron chi connectivity index (χ3n) is 6.48. The Morgan fingerprint density at radius 2 is 1.74 bits per heavy atom. The molecular weight excluding hydrogens is 398 g/mol. The van der Waals surface area contributed by atoms with Gasteiger partial charge >= 0.3 is 0 Å². The van der Waals surface area contributed by atoms with Crippen LogP contribution in [0, 0.1) is 28.9 Å². The summed E-state index contributed by atoms with van der Waals surface area (Å²) in [4.78, 5) is 53.4. The molecule has 0 saturated carbocycles. The molecule has 0 N–H and O–H groups in total. The number of nitro benzene ring substituents is 1. The fraction of sp³-hybridized carbons (Fsp3) is 0.261. The lowest BCUT2D eigenvalue weighted by Crippen LogP contribution is -2.48. The van der Waals surface area contributed by atoms with Crippen LogP contribution < -0.4 is 9.80 Å². The van der Waals surface area contributed by atoms with Crippen molar-refractivity contribution in [3.05, 3.63) is 69.8 Å². The van der Waals surface area contributed by atoms with Crippen LogP contribution in [0.1, 0.15) is 18.1 Å². The Morgan fingerprint density at radius 1 is 1.03 bits per heavy atom. The van der Waals surface area contributed by atoms with Crippen LogP contribution in [0.15, 0.2) is 48.5 Å². The number of aryl methyl sites for hydroxylation is 1. The first-order valence-corrected chi connectivity index (χ1v) is 10.00. The van der Waals surface area contributed by atoms with E-state index >= 15 is 0 Å². The SMILES string of the molecule is CC(=O)[C@@H]1[C@@H]2C(=O)N(c3cc([N+](=O)[O-])ccc3C)C(=O)[C@@H]2[C@H]2C=Cc3ccccc3N21. The highest BCUT2D eigenvalue weighted by Crippen LogP contribution is 2.49. The number of hydrogen-bond acceptors (Lipinski definition) is 6. The molecule has 8 heteroatoms. The van der Waals surface area contributed by atoms with Crippen molar-refractivity contribution in [3.63, 3.8) is 0 Å². The molecule has 2 fully saturated rings. The first kappa shape index (κ1) is 19.2. The fourth-order valence-corrected chi connectivity index (χ4v) is 5.16. The first-order valence-electron chi connectivity index (χ1n) is 10.00. The molecule has 0 radical (unpaired) electrons. The number of Topliss-reactive ketones (excluding diaryl/α,β-unsaturated/α-hetero) is 1. The highest BCUT2D eigenvalue weighted by molar-refractivity contribution is 6.25. The summed E-state index contributed by atoms with van der Waals surface area (Å²) in [6.45, 7) is 3.13. The summed E-state index contributed by atoms with van der Waals surface area (Å²) in [6, 6.07) is 10.5. The van der Waals surface area contributed by atoms with E-state index in [1.54, 1.807) is 6.92 Å². The van der Waals surface area contributed by atoms with Gasteiger partial charge in [-0.3, -0.25) is 24.5 Å². The minimum atomic E-state index is -0.843. The zero-order valence-electron chi connectivity index (χ0n) is 16.9. The Morgan fingerprint density at radius 3 is 2.45 bits per heavy atom. The molecule has 0 bridgehead atoms. The Bertz CT molecular complexity index is 1200. The van der Waals surface area contributed by atoms with Crippen LogP contribution in [0.4, 0.5) is 17.1 Å². The Balaban J connectivity index is 1.63. The summed E-state index contributed by atoms with van der Waals surface area (Å²) < 4.78 is 0. The normalized spacial score (nSPS) is 26.0. The molecule has 5 rings (SSSR count). The molecule has 0 aliphatic carbocycles. The van der Waals surface area contributed by atoms with Crippen LogP contribution in [0.25, 0.3) is 6.08 Å². The highest BCUT2D eigenvalue weighted by Gasteiger charge is 2.63. The number of carbonyl (C=O) groups excluding carboxylic acids is 3. The van der Waals surface area contributed by atoms with E-state index in [9.17, 15) is 24.5 Å². The highest BCUT2D eigenvalue weighted by atomic mass is 16.6. The third kappa shape index (κ3) is 2.57. The number of nitro groups is 1. The zero-order chi connectivity index (χ0) is 22.0. The van der Waals surface area contributed by atoms with Crippen molar-refractivity contribution >= 4 is 40.7 Å². The fourth-order valence-electron chi connectivity index (χ4n) is 5.16. The molecule has 8 nitrogen and oxygen atoms in total. The number of amides is 2. The van der Waals surface area contributed by atoms with E-state index in [4.69, 9.17) is 0 Å². The molecule has 0 spiro atoms. The standard InChI is InChI=1S/C23H19N3O5/c1-12-7-9-15(26(30)31)11-18(12)25-22(28)19-17-10-8-14-5-3-4-6-16(14)24(17)21(13(2)27)20(19)23(25)29/h3-11,17,19-21H,1-2H3/t17-,19-,20-,21-/m1/s1. The van der Waals surface area contributed by atoms with Gasteiger partial charge in [0.25, 0.3) is 5.69 Å². The Kier molecular flexibility index (Phi) is 4.08. The number of non-ortho nitro benzene ring substituents is 1. The van der Waals surface area contributed by atoms with Gasteiger partial charge in [-0.1, -0.05) is 36.4 Å². The van der Waals surface area contributed by atoms with Crippen molar-refractivity contribution in [2.45, 2.75) is 25.9 Å². The molecule has 3 aliphatic rings. The lowest BCUT2D eigenvalue weighted by atomic mass is 9.88. The van der Waals surface area contributed by atoms with Gasteiger partial charge in [0.15, 0.2) is 5.78 Å². The molecule has 0 unspecified atom stereocenters. The second-order valence-corrected chi connectivity index (χ2v) is 8.16. The number of hydrogen-bond donors (Lipinski definition) is 0. The average molecular weight is 417 g/mol. The molecule has 31 heavy (non-hydrogen) atoms. The molecule has 2 aromatic rings. The molecular formula is C23H19N3O5. The van der Waals surface area contributed by atoms with Crippen LogP contribution in [0.3, 0.4) is 0 Å². The molecule has 2 aromatic carbocycles. The maximum Gasteiger partial charge on any atom is 0.271 e. The van der Waals surface area contributed by atoms with Gasteiger partial charge in [-0.25, -0.2) is 4.90 Å². The molecule has 2 saturated heterocycles. The monoisotopic (exact) mass is 417 g/mol. The number of imide groups is 1. The number of carbonyl (C=O) groups is 3. The Hall–Kier alpha value is -3.81. The number of para-hydroxylation sites is 1. The van der Waals surface area contributed by atoms with Gasteiger partial charge in [-0.05, 0) is 31.0 Å². The Labute approximate surface area is 177 Å². The van der Waals surface area contributed by atoms with Gasteiger partial charge in [-0.15, -0.1) is 0 Å². The summed E-state index contributed by atoms with van der Waals surface area (Å²) in [5.41, 5.74) is 2.33. The zero-order valence-corrected chi connectivity index (χ0v) is 16.9. The lowest BCUT2D eigenvalue weighted by Gasteiger charge is -2.36. The number of fused-ring (bicyclic) bond motifs is 5. The average Bonchev–Trinajstić information content (AvgIpc) is 3.22. The van der Waals surface area contributed by atoms with Crippen LogP contribution in [-0.2, 0) is 14.4 Å². The van der Waals surface area contributed by atoms with Gasteiger partial charge in [-0.2, -0.15) is 0 Å². The topological polar surface area (TPSA) is 101 Å². The second-order valence-electron chi connectivity index (χ2n) is 8.16. The van der Waals surface area contributed by atoms with Gasteiger partial charge in [0.1, 0.15) is 6.04 Å². The smallest absolute Gasteiger partial charge is 0.271 e. The summed E-state index contributed by atoms with van der Waals surface area (Å²) >= 11 is 0. The molecule has 156 valence electrons. The van der Waals surface area contributed by atoms with Crippen molar-refractivity contribution < 1.29 is 19.3 Å². The summed E-state index contributed by atoms with van der Waals surface area (Å²) in [6.07, 6.45) is 3.78. The third-order valence-corrected chi connectivity index (χ3v) is 6.48. The van der Waals surface area contributed by atoms with E-state index < -0.39 is 40.7 Å². The van der Waals surface area contributed by atoms with E-state index in [-0.39, 0.29) is 17.2 Å². The van der Waals surface area contributed by atoms with Crippen molar-refractivity contribution in [2.75, 3.05) is 9.80 Å². The van der Waals surface area contributed by atoms with Crippen LogP contribution in [0.2, 0.25) is 0 Å².